The molecule has 1 aliphatic heterocycles. The highest BCUT2D eigenvalue weighted by Gasteiger charge is 2.30. The third-order valence-corrected chi connectivity index (χ3v) is 4.87. The van der Waals surface area contributed by atoms with E-state index < -0.39 is 0 Å². The fraction of sp³-hybridized carbons (Fsp3) is 0.200. The predicted octanol–water partition coefficient (Wildman–Crippen LogP) is 2.10. The quantitative estimate of drug-likeness (QED) is 0.720. The summed E-state index contributed by atoms with van der Waals surface area (Å²) in [5, 5.41) is 4.35. The van der Waals surface area contributed by atoms with Gasteiger partial charge in [-0.1, -0.05) is 6.58 Å². The zero-order chi connectivity index (χ0) is 15.8. The van der Waals surface area contributed by atoms with Crippen LogP contribution in [-0.4, -0.2) is 37.3 Å². The molecule has 3 aromatic rings. The summed E-state index contributed by atoms with van der Waals surface area (Å²) in [4.78, 5) is 30.8. The van der Waals surface area contributed by atoms with Gasteiger partial charge in [0, 0.05) is 12.7 Å². The summed E-state index contributed by atoms with van der Waals surface area (Å²) in [5.74, 6) is 0.651. The van der Waals surface area contributed by atoms with Gasteiger partial charge in [-0.3, -0.25) is 4.79 Å². The second-order valence-corrected chi connectivity index (χ2v) is 6.13. The number of thiazole rings is 1. The highest BCUT2D eigenvalue weighted by Crippen LogP contribution is 2.33. The Morgan fingerprint density at radius 2 is 2.39 bits per heavy atom. The molecule has 0 radical (unpaired) electrons. The van der Waals surface area contributed by atoms with Crippen molar-refractivity contribution in [3.63, 3.8) is 0 Å². The number of nitrogens with one attached hydrogen (secondary N) is 2. The molecule has 4 rings (SSSR count). The van der Waals surface area contributed by atoms with Gasteiger partial charge in [-0.05, 0) is 12.1 Å². The molecule has 116 valence electrons. The van der Waals surface area contributed by atoms with Crippen molar-refractivity contribution in [1.82, 2.24) is 24.8 Å². The van der Waals surface area contributed by atoms with E-state index in [1.54, 1.807) is 16.2 Å². The third-order valence-electron chi connectivity index (χ3n) is 3.88. The number of rotatable bonds is 3. The minimum absolute atomic E-state index is 0.0526. The number of hydrogen-bond donors (Lipinski definition) is 2. The minimum atomic E-state index is -0.0927. The number of aromatic nitrogens is 4. The van der Waals surface area contributed by atoms with Crippen LogP contribution in [0.4, 0.5) is 5.82 Å². The number of fused-ring (bicyclic) bond motifs is 2. The minimum Gasteiger partial charge on any atom is -0.360 e. The second-order valence-electron chi connectivity index (χ2n) is 5.25. The first-order valence-electron chi connectivity index (χ1n) is 7.14. The first-order valence-corrected chi connectivity index (χ1v) is 8.02. The first kappa shape index (κ1) is 13.9. The fourth-order valence-corrected chi connectivity index (χ4v) is 3.63. The highest BCUT2D eigenvalue weighted by atomic mass is 32.1. The molecule has 2 N–H and O–H groups in total. The van der Waals surface area contributed by atoms with Gasteiger partial charge in [-0.2, -0.15) is 0 Å². The van der Waals surface area contributed by atoms with Crippen molar-refractivity contribution in [2.24, 2.45) is 0 Å². The molecule has 1 aliphatic rings. The Morgan fingerprint density at radius 3 is 3.26 bits per heavy atom. The predicted molar refractivity (Wildman–Crippen MR) is 88.0 cm³/mol. The zero-order valence-electron chi connectivity index (χ0n) is 12.2. The van der Waals surface area contributed by atoms with Crippen LogP contribution in [-0.2, 0) is 11.3 Å². The highest BCUT2D eigenvalue weighted by molar-refractivity contribution is 7.09. The molecule has 7 nitrogen and oxygen atoms in total. The number of anilines is 1. The van der Waals surface area contributed by atoms with E-state index in [0.717, 1.165) is 27.4 Å². The lowest BCUT2D eigenvalue weighted by Crippen LogP contribution is -2.39. The van der Waals surface area contributed by atoms with Crippen LogP contribution in [0.25, 0.3) is 11.0 Å². The summed E-state index contributed by atoms with van der Waals surface area (Å²) in [7, 11) is 0. The first-order chi connectivity index (χ1) is 11.3. The summed E-state index contributed by atoms with van der Waals surface area (Å²) < 4.78 is 0. The van der Waals surface area contributed by atoms with Crippen molar-refractivity contribution >= 4 is 34.1 Å². The Labute approximate surface area is 136 Å². The van der Waals surface area contributed by atoms with Gasteiger partial charge in [0.25, 0.3) is 0 Å². The Morgan fingerprint density at radius 1 is 1.48 bits per heavy atom. The van der Waals surface area contributed by atoms with E-state index in [1.165, 1.54) is 12.4 Å². The van der Waals surface area contributed by atoms with Crippen molar-refractivity contribution in [2.75, 3.05) is 11.9 Å². The van der Waals surface area contributed by atoms with Gasteiger partial charge in [-0.25, -0.2) is 15.0 Å². The smallest absolute Gasteiger partial charge is 0.246 e. The monoisotopic (exact) mass is 326 g/mol. The number of hydrogen-bond acceptors (Lipinski definition) is 6. The van der Waals surface area contributed by atoms with Crippen molar-refractivity contribution in [3.05, 3.63) is 47.3 Å². The van der Waals surface area contributed by atoms with Crippen LogP contribution in [0.3, 0.4) is 0 Å². The second kappa shape index (κ2) is 5.47. The van der Waals surface area contributed by atoms with Crippen LogP contribution in [0, 0.1) is 0 Å². The molecule has 0 spiro atoms. The molecule has 0 fully saturated rings. The molecule has 3 aromatic heterocycles. The SMILES string of the molecule is C=CC(=O)N1Cc2ncsc2C(Nc2ncnc3[nH]ccc23)C1. The molecule has 1 amide bonds. The number of carbonyl (C=O) groups is 1. The van der Waals surface area contributed by atoms with Crippen molar-refractivity contribution < 1.29 is 4.79 Å². The maximum atomic E-state index is 12.0. The summed E-state index contributed by atoms with van der Waals surface area (Å²) in [6.45, 7) is 4.64. The zero-order valence-corrected chi connectivity index (χ0v) is 13.0. The lowest BCUT2D eigenvalue weighted by molar-refractivity contribution is -0.127. The van der Waals surface area contributed by atoms with Gasteiger partial charge < -0.3 is 15.2 Å². The maximum Gasteiger partial charge on any atom is 0.246 e. The van der Waals surface area contributed by atoms with Gasteiger partial charge in [0.15, 0.2) is 0 Å². The fourth-order valence-electron chi connectivity index (χ4n) is 2.79. The number of H-pyrrole nitrogens is 1. The average molecular weight is 326 g/mol. The van der Waals surface area contributed by atoms with Crippen molar-refractivity contribution in [2.45, 2.75) is 12.6 Å². The van der Waals surface area contributed by atoms with E-state index >= 15 is 0 Å². The number of amides is 1. The molecule has 0 saturated carbocycles. The van der Waals surface area contributed by atoms with Crippen LogP contribution in [0.15, 0.2) is 36.8 Å². The summed E-state index contributed by atoms with van der Waals surface area (Å²) >= 11 is 1.59. The van der Waals surface area contributed by atoms with E-state index in [9.17, 15) is 4.79 Å². The van der Waals surface area contributed by atoms with E-state index in [4.69, 9.17) is 0 Å². The molecule has 0 aromatic carbocycles. The van der Waals surface area contributed by atoms with Crippen LogP contribution in [0.2, 0.25) is 0 Å². The maximum absolute atomic E-state index is 12.0. The van der Waals surface area contributed by atoms with Crippen molar-refractivity contribution in [3.8, 4) is 0 Å². The standard InChI is InChI=1S/C15H14N6OS/c1-2-12(22)21-5-10-13(23-8-19-10)11(6-21)20-15-9-3-4-16-14(9)17-7-18-15/h2-4,7-8,11H,1,5-6H2,(H2,16,17,18,20). The van der Waals surface area contributed by atoms with Crippen LogP contribution in [0.5, 0.6) is 0 Å². The lowest BCUT2D eigenvalue weighted by atomic mass is 10.1. The molecule has 0 saturated heterocycles. The molecule has 0 bridgehead atoms. The van der Waals surface area contributed by atoms with E-state index in [0.29, 0.717) is 13.1 Å². The topological polar surface area (TPSA) is 86.8 Å². The van der Waals surface area contributed by atoms with Gasteiger partial charge >= 0.3 is 0 Å². The Kier molecular flexibility index (Phi) is 3.30. The van der Waals surface area contributed by atoms with E-state index in [1.807, 2.05) is 17.8 Å². The number of aromatic amines is 1. The molecule has 23 heavy (non-hydrogen) atoms. The van der Waals surface area contributed by atoms with E-state index in [2.05, 4.69) is 31.8 Å². The number of nitrogens with zero attached hydrogens (tertiary/aromatic N) is 4. The van der Waals surface area contributed by atoms with Gasteiger partial charge in [-0.15, -0.1) is 11.3 Å². The molecule has 1 unspecified atom stereocenters. The number of carbonyl (C=O) groups excluding carboxylic acids is 1. The Bertz CT molecular complexity index is 885. The summed E-state index contributed by atoms with van der Waals surface area (Å²) in [5.41, 5.74) is 3.52. The van der Waals surface area contributed by atoms with Crippen LogP contribution < -0.4 is 5.32 Å². The van der Waals surface area contributed by atoms with E-state index in [-0.39, 0.29) is 11.9 Å². The van der Waals surface area contributed by atoms with Crippen molar-refractivity contribution in [1.29, 1.82) is 0 Å². The lowest BCUT2D eigenvalue weighted by Gasteiger charge is -2.32. The molecule has 0 aliphatic carbocycles. The molecule has 4 heterocycles. The summed E-state index contributed by atoms with van der Waals surface area (Å²) in [6.07, 6.45) is 4.69. The normalized spacial score (nSPS) is 17.0. The molecular weight excluding hydrogens is 312 g/mol. The largest absolute Gasteiger partial charge is 0.360 e. The van der Waals surface area contributed by atoms with Gasteiger partial charge in [0.2, 0.25) is 5.91 Å². The Hall–Kier alpha value is -2.74. The van der Waals surface area contributed by atoms with Gasteiger partial charge in [0.1, 0.15) is 17.8 Å². The van der Waals surface area contributed by atoms with Crippen LogP contribution >= 0.6 is 11.3 Å². The van der Waals surface area contributed by atoms with Gasteiger partial charge in [0.05, 0.1) is 34.1 Å². The average Bonchev–Trinajstić information content (AvgIpc) is 3.23. The summed E-state index contributed by atoms with van der Waals surface area (Å²) in [6, 6.07) is 1.88. The Balaban J connectivity index is 1.69. The molecule has 8 heteroatoms. The third kappa shape index (κ3) is 2.36. The molecular formula is C15H14N6OS. The molecule has 1 atom stereocenters. The van der Waals surface area contributed by atoms with Crippen LogP contribution in [0.1, 0.15) is 16.6 Å².